The van der Waals surface area contributed by atoms with Crippen LogP contribution in [0.4, 0.5) is 0 Å². The molecule has 7 heteroatoms. The third-order valence-corrected chi connectivity index (χ3v) is 4.91. The molecular formula is C17H17N3O3S. The fraction of sp³-hybridized carbons (Fsp3) is 0.235. The van der Waals surface area contributed by atoms with Gasteiger partial charge >= 0.3 is 0 Å². The highest BCUT2D eigenvalue weighted by Crippen LogP contribution is 2.15. The summed E-state index contributed by atoms with van der Waals surface area (Å²) in [5, 5.41) is 9.16. The van der Waals surface area contributed by atoms with Crippen LogP contribution in [0.1, 0.15) is 23.6 Å². The van der Waals surface area contributed by atoms with E-state index in [1.165, 1.54) is 18.3 Å². The molecule has 0 unspecified atom stereocenters. The molecule has 1 aromatic heterocycles. The third kappa shape index (κ3) is 4.47. The Labute approximate surface area is 141 Å². The zero-order valence-corrected chi connectivity index (χ0v) is 14.0. The van der Waals surface area contributed by atoms with Crippen molar-refractivity contribution < 1.29 is 13.2 Å². The quantitative estimate of drug-likeness (QED) is 0.828. The Hall–Kier alpha value is -2.56. The molecule has 1 aromatic carbocycles. The highest BCUT2D eigenvalue weighted by molar-refractivity contribution is 7.89. The number of carbonyl (C=O) groups is 1. The minimum Gasteiger partial charge on any atom is -0.298 e. The van der Waals surface area contributed by atoms with Crippen LogP contribution in [-0.4, -0.2) is 25.7 Å². The molecular weight excluding hydrogens is 326 g/mol. The van der Waals surface area contributed by atoms with Crippen molar-refractivity contribution in [2.45, 2.75) is 24.2 Å². The summed E-state index contributed by atoms with van der Waals surface area (Å²) in [7, 11) is -3.67. The molecule has 0 spiro atoms. The van der Waals surface area contributed by atoms with Gasteiger partial charge in [-0.2, -0.15) is 5.26 Å². The SMILES string of the molecule is Cc1ccc(S(=O)(=O)NCCC(=O)[C@H](C#N)c2ccccn2)cc1. The number of Topliss-reactive ketones (excluding diaryl/α,β-unsaturated/α-hetero) is 1. The summed E-state index contributed by atoms with van der Waals surface area (Å²) in [5.74, 6) is -1.36. The first-order chi connectivity index (χ1) is 11.4. The molecule has 0 aliphatic rings. The second-order valence-electron chi connectivity index (χ2n) is 5.24. The largest absolute Gasteiger partial charge is 0.298 e. The number of ketones is 1. The van der Waals surface area contributed by atoms with E-state index in [0.29, 0.717) is 5.69 Å². The number of carbonyl (C=O) groups excluding carboxylic acids is 1. The summed E-state index contributed by atoms with van der Waals surface area (Å²) in [4.78, 5) is 16.3. The van der Waals surface area contributed by atoms with Gasteiger partial charge in [-0.05, 0) is 31.2 Å². The van der Waals surface area contributed by atoms with E-state index in [4.69, 9.17) is 5.26 Å². The number of aromatic nitrogens is 1. The Morgan fingerprint density at radius 3 is 2.54 bits per heavy atom. The van der Waals surface area contributed by atoms with Crippen LogP contribution in [0.15, 0.2) is 53.6 Å². The Morgan fingerprint density at radius 1 is 1.25 bits per heavy atom. The highest BCUT2D eigenvalue weighted by atomic mass is 32.2. The molecule has 0 fully saturated rings. The van der Waals surface area contributed by atoms with Crippen LogP contribution < -0.4 is 4.72 Å². The maximum Gasteiger partial charge on any atom is 0.240 e. The van der Waals surface area contributed by atoms with Crippen molar-refractivity contribution in [1.82, 2.24) is 9.71 Å². The Balaban J connectivity index is 1.97. The lowest BCUT2D eigenvalue weighted by atomic mass is 9.99. The third-order valence-electron chi connectivity index (χ3n) is 3.43. The number of hydrogen-bond acceptors (Lipinski definition) is 5. The number of pyridine rings is 1. The highest BCUT2D eigenvalue weighted by Gasteiger charge is 2.22. The van der Waals surface area contributed by atoms with Crippen LogP contribution >= 0.6 is 0 Å². The number of benzene rings is 1. The second-order valence-corrected chi connectivity index (χ2v) is 7.01. The van der Waals surface area contributed by atoms with Crippen molar-refractivity contribution in [3.63, 3.8) is 0 Å². The summed E-state index contributed by atoms with van der Waals surface area (Å²) in [6.07, 6.45) is 1.42. The monoisotopic (exact) mass is 343 g/mol. The molecule has 2 rings (SSSR count). The molecule has 0 saturated heterocycles. The first kappa shape index (κ1) is 17.8. The molecule has 124 valence electrons. The predicted octanol–water partition coefficient (Wildman–Crippen LogP) is 1.93. The lowest BCUT2D eigenvalue weighted by molar-refractivity contribution is -0.119. The minimum absolute atomic E-state index is 0.0694. The van der Waals surface area contributed by atoms with Gasteiger partial charge in [0.05, 0.1) is 16.7 Å². The standard InChI is InChI=1S/C17H17N3O3S/c1-13-5-7-14(8-6-13)24(22,23)20-11-9-17(21)15(12-18)16-4-2-3-10-19-16/h2-8,10,15,20H,9,11H2,1H3/t15-/m1/s1. The molecule has 0 saturated carbocycles. The van der Waals surface area contributed by atoms with Crippen LogP contribution in [0, 0.1) is 18.3 Å². The number of aryl methyl sites for hydroxylation is 1. The van der Waals surface area contributed by atoms with Gasteiger partial charge in [0, 0.05) is 19.2 Å². The van der Waals surface area contributed by atoms with Gasteiger partial charge in [-0.15, -0.1) is 0 Å². The van der Waals surface area contributed by atoms with Crippen molar-refractivity contribution >= 4 is 15.8 Å². The van der Waals surface area contributed by atoms with Crippen LogP contribution in [0.2, 0.25) is 0 Å². The lowest BCUT2D eigenvalue weighted by Gasteiger charge is -2.09. The van der Waals surface area contributed by atoms with Gasteiger partial charge in [0.1, 0.15) is 5.92 Å². The fourth-order valence-electron chi connectivity index (χ4n) is 2.10. The molecule has 0 bridgehead atoms. The van der Waals surface area contributed by atoms with E-state index in [1.807, 2.05) is 13.0 Å². The molecule has 1 N–H and O–H groups in total. The normalized spacial score (nSPS) is 12.3. The summed E-state index contributed by atoms with van der Waals surface area (Å²) in [6.45, 7) is 1.79. The second kappa shape index (κ2) is 7.81. The zero-order chi connectivity index (χ0) is 17.6. The molecule has 6 nitrogen and oxygen atoms in total. The summed E-state index contributed by atoms with van der Waals surface area (Å²) >= 11 is 0. The molecule has 1 heterocycles. The van der Waals surface area contributed by atoms with Gasteiger partial charge in [-0.25, -0.2) is 13.1 Å². The average molecular weight is 343 g/mol. The van der Waals surface area contributed by atoms with E-state index in [9.17, 15) is 13.2 Å². The van der Waals surface area contributed by atoms with Gasteiger partial charge < -0.3 is 0 Å². The fourth-order valence-corrected chi connectivity index (χ4v) is 3.14. The number of nitrogens with zero attached hydrogens (tertiary/aromatic N) is 2. The van der Waals surface area contributed by atoms with E-state index in [0.717, 1.165) is 5.56 Å². The summed E-state index contributed by atoms with van der Waals surface area (Å²) in [5.41, 5.74) is 1.32. The molecule has 0 radical (unpaired) electrons. The molecule has 0 aliphatic heterocycles. The minimum atomic E-state index is -3.67. The molecule has 24 heavy (non-hydrogen) atoms. The maximum atomic E-state index is 12.1. The van der Waals surface area contributed by atoms with E-state index in [2.05, 4.69) is 9.71 Å². The van der Waals surface area contributed by atoms with Crippen LogP contribution in [0.3, 0.4) is 0 Å². The topological polar surface area (TPSA) is 99.9 Å². The average Bonchev–Trinajstić information content (AvgIpc) is 2.57. The summed E-state index contributed by atoms with van der Waals surface area (Å²) in [6, 6.07) is 13.3. The predicted molar refractivity (Wildman–Crippen MR) is 88.6 cm³/mol. The maximum absolute atomic E-state index is 12.1. The molecule has 0 aliphatic carbocycles. The zero-order valence-electron chi connectivity index (χ0n) is 13.1. The van der Waals surface area contributed by atoms with Gasteiger partial charge in [0.15, 0.2) is 5.78 Å². The van der Waals surface area contributed by atoms with Gasteiger partial charge in [-0.1, -0.05) is 23.8 Å². The van der Waals surface area contributed by atoms with E-state index in [-0.39, 0.29) is 23.6 Å². The van der Waals surface area contributed by atoms with Gasteiger partial charge in [0.25, 0.3) is 0 Å². The Morgan fingerprint density at radius 2 is 1.96 bits per heavy atom. The van der Waals surface area contributed by atoms with E-state index >= 15 is 0 Å². The molecule has 2 aromatic rings. The van der Waals surface area contributed by atoms with Crippen LogP contribution in [0.5, 0.6) is 0 Å². The van der Waals surface area contributed by atoms with E-state index < -0.39 is 15.9 Å². The van der Waals surface area contributed by atoms with Crippen molar-refractivity contribution in [3.05, 3.63) is 59.9 Å². The van der Waals surface area contributed by atoms with Crippen molar-refractivity contribution in [1.29, 1.82) is 5.26 Å². The van der Waals surface area contributed by atoms with Crippen LogP contribution in [0.25, 0.3) is 0 Å². The first-order valence-corrected chi connectivity index (χ1v) is 8.82. The number of nitrogens with one attached hydrogen (secondary N) is 1. The number of sulfonamides is 1. The van der Waals surface area contributed by atoms with Crippen molar-refractivity contribution in [2.24, 2.45) is 0 Å². The Kier molecular flexibility index (Phi) is 5.79. The molecule has 1 atom stereocenters. The van der Waals surface area contributed by atoms with Crippen molar-refractivity contribution in [2.75, 3.05) is 6.54 Å². The van der Waals surface area contributed by atoms with Crippen LogP contribution in [-0.2, 0) is 14.8 Å². The van der Waals surface area contributed by atoms with Crippen molar-refractivity contribution in [3.8, 4) is 6.07 Å². The smallest absolute Gasteiger partial charge is 0.240 e. The number of nitriles is 1. The van der Waals surface area contributed by atoms with Gasteiger partial charge in [-0.3, -0.25) is 9.78 Å². The number of hydrogen-bond donors (Lipinski definition) is 1. The molecule has 0 amide bonds. The number of rotatable bonds is 7. The first-order valence-electron chi connectivity index (χ1n) is 7.33. The van der Waals surface area contributed by atoms with E-state index in [1.54, 1.807) is 30.3 Å². The summed E-state index contributed by atoms with van der Waals surface area (Å²) < 4.78 is 26.6. The lowest BCUT2D eigenvalue weighted by Crippen LogP contribution is -2.27. The Bertz CT molecular complexity index is 841. The van der Waals surface area contributed by atoms with Gasteiger partial charge in [0.2, 0.25) is 10.0 Å².